The third-order valence-electron chi connectivity index (χ3n) is 2.90. The maximum Gasteiger partial charge on any atom is 0.117 e. The topological polar surface area (TPSA) is 35.5 Å². The van der Waals surface area contributed by atoms with E-state index in [1.165, 1.54) is 0 Å². The minimum Gasteiger partial charge on any atom is -0.508 e. The summed E-state index contributed by atoms with van der Waals surface area (Å²) in [7, 11) is 2.09. The van der Waals surface area contributed by atoms with Crippen LogP contribution in [0.15, 0.2) is 18.2 Å². The maximum atomic E-state index is 9.37. The predicted molar refractivity (Wildman–Crippen MR) is 59.1 cm³/mol. The molecule has 3 nitrogen and oxygen atoms in total. The van der Waals surface area contributed by atoms with Gasteiger partial charge in [-0.3, -0.25) is 0 Å². The van der Waals surface area contributed by atoms with Crippen molar-refractivity contribution in [2.75, 3.05) is 23.8 Å². The van der Waals surface area contributed by atoms with Crippen molar-refractivity contribution in [2.24, 2.45) is 0 Å². The third kappa shape index (κ3) is 1.50. The lowest BCUT2D eigenvalue weighted by Gasteiger charge is -2.25. The number of phenols is 1. The van der Waals surface area contributed by atoms with Crippen molar-refractivity contribution in [1.82, 2.24) is 0 Å². The quantitative estimate of drug-likeness (QED) is 0.660. The highest BCUT2D eigenvalue weighted by Gasteiger charge is 2.17. The van der Waals surface area contributed by atoms with Crippen LogP contribution in [0.1, 0.15) is 13.3 Å². The van der Waals surface area contributed by atoms with Crippen LogP contribution in [0.4, 0.5) is 11.4 Å². The summed E-state index contributed by atoms with van der Waals surface area (Å²) >= 11 is 0. The van der Waals surface area contributed by atoms with E-state index in [-0.39, 0.29) is 0 Å². The summed E-state index contributed by atoms with van der Waals surface area (Å²) in [6.45, 7) is 3.17. The molecule has 1 aromatic carbocycles. The number of nitrogens with one attached hydrogen (secondary N) is 1. The molecule has 76 valence electrons. The van der Waals surface area contributed by atoms with Crippen LogP contribution in [0.25, 0.3) is 0 Å². The molecule has 0 amide bonds. The number of hydrogen-bond donors (Lipinski definition) is 2. The number of fused-ring (bicyclic) bond motifs is 1. The van der Waals surface area contributed by atoms with Crippen LogP contribution in [0, 0.1) is 0 Å². The SMILES string of the molecule is CC1CCNc2cc(O)ccc2N1C. The van der Waals surface area contributed by atoms with Gasteiger partial charge in [-0.1, -0.05) is 0 Å². The molecule has 2 N–H and O–H groups in total. The first-order valence-electron chi connectivity index (χ1n) is 4.98. The van der Waals surface area contributed by atoms with Crippen LogP contribution in [0.5, 0.6) is 5.75 Å². The Hall–Kier alpha value is -1.38. The van der Waals surface area contributed by atoms with Gasteiger partial charge in [0, 0.05) is 25.7 Å². The molecule has 1 aliphatic rings. The highest BCUT2D eigenvalue weighted by molar-refractivity contribution is 5.72. The molecular weight excluding hydrogens is 176 g/mol. The minimum absolute atomic E-state index is 0.319. The number of nitrogens with zero attached hydrogens (tertiary/aromatic N) is 1. The molecule has 0 aromatic heterocycles. The summed E-state index contributed by atoms with van der Waals surface area (Å²) in [6, 6.07) is 6.01. The fourth-order valence-electron chi connectivity index (χ4n) is 1.82. The third-order valence-corrected chi connectivity index (χ3v) is 2.90. The van der Waals surface area contributed by atoms with E-state index in [1.54, 1.807) is 12.1 Å². The second kappa shape index (κ2) is 3.40. The lowest BCUT2D eigenvalue weighted by atomic mass is 10.2. The van der Waals surface area contributed by atoms with Gasteiger partial charge in [0.1, 0.15) is 5.75 Å². The average molecular weight is 192 g/mol. The summed E-state index contributed by atoms with van der Waals surface area (Å²) in [5.41, 5.74) is 2.18. The Morgan fingerprint density at radius 3 is 3.07 bits per heavy atom. The van der Waals surface area contributed by atoms with Gasteiger partial charge in [-0.2, -0.15) is 0 Å². The maximum absolute atomic E-state index is 9.37. The number of hydrogen-bond acceptors (Lipinski definition) is 3. The molecule has 0 saturated carbocycles. The summed E-state index contributed by atoms with van der Waals surface area (Å²) in [5, 5.41) is 12.7. The summed E-state index contributed by atoms with van der Waals surface area (Å²) in [5.74, 6) is 0.319. The Morgan fingerprint density at radius 1 is 1.50 bits per heavy atom. The normalized spacial score (nSPS) is 21.0. The fourth-order valence-corrected chi connectivity index (χ4v) is 1.82. The standard InChI is InChI=1S/C11H16N2O/c1-8-5-6-12-10-7-9(14)3-4-11(10)13(8)2/h3-4,7-8,12,14H,5-6H2,1-2H3. The first kappa shape index (κ1) is 9.19. The molecule has 14 heavy (non-hydrogen) atoms. The fraction of sp³-hybridized carbons (Fsp3) is 0.455. The molecule has 0 spiro atoms. The number of rotatable bonds is 0. The number of aromatic hydroxyl groups is 1. The first-order valence-corrected chi connectivity index (χ1v) is 4.98. The van der Waals surface area contributed by atoms with Gasteiger partial charge in [-0.15, -0.1) is 0 Å². The van der Waals surface area contributed by atoms with Crippen LogP contribution in [0.2, 0.25) is 0 Å². The van der Waals surface area contributed by atoms with Crippen LogP contribution < -0.4 is 10.2 Å². The van der Waals surface area contributed by atoms with E-state index in [1.807, 2.05) is 6.07 Å². The van der Waals surface area contributed by atoms with Gasteiger partial charge < -0.3 is 15.3 Å². The Morgan fingerprint density at radius 2 is 2.29 bits per heavy atom. The van der Waals surface area contributed by atoms with E-state index < -0.39 is 0 Å². The lowest BCUT2D eigenvalue weighted by Crippen LogP contribution is -2.28. The van der Waals surface area contributed by atoms with Crippen LogP contribution in [-0.2, 0) is 0 Å². The van der Waals surface area contributed by atoms with Crippen LogP contribution in [-0.4, -0.2) is 24.7 Å². The molecule has 3 heteroatoms. The average Bonchev–Trinajstić information content (AvgIpc) is 2.28. The second-order valence-corrected chi connectivity index (χ2v) is 3.88. The van der Waals surface area contributed by atoms with E-state index in [0.29, 0.717) is 11.8 Å². The first-order chi connectivity index (χ1) is 6.68. The number of benzene rings is 1. The molecule has 0 fully saturated rings. The highest BCUT2D eigenvalue weighted by atomic mass is 16.3. The van der Waals surface area contributed by atoms with Crippen molar-refractivity contribution in [1.29, 1.82) is 0 Å². The molecule has 1 unspecified atom stereocenters. The zero-order chi connectivity index (χ0) is 10.1. The molecule has 1 heterocycles. The van der Waals surface area contributed by atoms with Crippen molar-refractivity contribution in [2.45, 2.75) is 19.4 Å². The molecule has 0 saturated heterocycles. The van der Waals surface area contributed by atoms with Gasteiger partial charge in [0.15, 0.2) is 0 Å². The van der Waals surface area contributed by atoms with E-state index in [0.717, 1.165) is 24.3 Å². The number of anilines is 2. The summed E-state index contributed by atoms with van der Waals surface area (Å²) in [6.07, 6.45) is 1.12. The Kier molecular flexibility index (Phi) is 2.23. The van der Waals surface area contributed by atoms with Gasteiger partial charge in [0.2, 0.25) is 0 Å². The van der Waals surface area contributed by atoms with E-state index >= 15 is 0 Å². The highest BCUT2D eigenvalue weighted by Crippen LogP contribution is 2.32. The van der Waals surface area contributed by atoms with Gasteiger partial charge in [-0.05, 0) is 25.5 Å². The molecular formula is C11H16N2O. The predicted octanol–water partition coefficient (Wildman–Crippen LogP) is 2.03. The van der Waals surface area contributed by atoms with Crippen molar-refractivity contribution >= 4 is 11.4 Å². The Labute approximate surface area is 84.4 Å². The molecule has 2 rings (SSSR count). The van der Waals surface area contributed by atoms with Gasteiger partial charge in [-0.25, -0.2) is 0 Å². The Bertz CT molecular complexity index is 338. The van der Waals surface area contributed by atoms with Crippen molar-refractivity contribution < 1.29 is 5.11 Å². The molecule has 0 aliphatic carbocycles. The van der Waals surface area contributed by atoms with Gasteiger partial charge >= 0.3 is 0 Å². The molecule has 1 aromatic rings. The zero-order valence-corrected chi connectivity index (χ0v) is 8.62. The minimum atomic E-state index is 0.319. The van der Waals surface area contributed by atoms with Crippen LogP contribution in [0.3, 0.4) is 0 Å². The van der Waals surface area contributed by atoms with Gasteiger partial charge in [0.05, 0.1) is 11.4 Å². The van der Waals surface area contributed by atoms with Crippen LogP contribution >= 0.6 is 0 Å². The second-order valence-electron chi connectivity index (χ2n) is 3.88. The monoisotopic (exact) mass is 192 g/mol. The largest absolute Gasteiger partial charge is 0.508 e. The Balaban J connectivity index is 2.43. The van der Waals surface area contributed by atoms with E-state index in [9.17, 15) is 5.11 Å². The number of phenolic OH excluding ortho intramolecular Hbond substituents is 1. The van der Waals surface area contributed by atoms with Crippen molar-refractivity contribution in [3.63, 3.8) is 0 Å². The zero-order valence-electron chi connectivity index (χ0n) is 8.62. The molecule has 0 radical (unpaired) electrons. The summed E-state index contributed by atoms with van der Waals surface area (Å²) < 4.78 is 0. The van der Waals surface area contributed by atoms with Crippen molar-refractivity contribution in [3.05, 3.63) is 18.2 Å². The van der Waals surface area contributed by atoms with Crippen molar-refractivity contribution in [3.8, 4) is 5.75 Å². The summed E-state index contributed by atoms with van der Waals surface area (Å²) in [4.78, 5) is 2.24. The molecule has 0 bridgehead atoms. The smallest absolute Gasteiger partial charge is 0.117 e. The van der Waals surface area contributed by atoms with E-state index in [4.69, 9.17) is 0 Å². The van der Waals surface area contributed by atoms with E-state index in [2.05, 4.69) is 24.2 Å². The molecule has 1 atom stereocenters. The van der Waals surface area contributed by atoms with Gasteiger partial charge in [0.25, 0.3) is 0 Å². The molecule has 1 aliphatic heterocycles. The lowest BCUT2D eigenvalue weighted by molar-refractivity contribution is 0.475.